The molecule has 11 nitrogen and oxygen atoms in total. The van der Waals surface area contributed by atoms with E-state index in [9.17, 15) is 19.2 Å². The Labute approximate surface area is 272 Å². The van der Waals surface area contributed by atoms with E-state index in [1.54, 1.807) is 15.7 Å². The van der Waals surface area contributed by atoms with E-state index in [1.807, 2.05) is 30.3 Å². The van der Waals surface area contributed by atoms with Gasteiger partial charge < -0.3 is 26.6 Å². The summed E-state index contributed by atoms with van der Waals surface area (Å²) in [5, 5.41) is 13.8. The largest absolute Gasteiger partial charge is 0.351 e. The minimum atomic E-state index is -0.482. The molecule has 3 aromatic rings. The average molecular weight is 654 g/mol. The zero-order valence-electron chi connectivity index (χ0n) is 25.9. The molecule has 4 amide bonds. The van der Waals surface area contributed by atoms with Gasteiger partial charge in [0.1, 0.15) is 21.4 Å². The molecule has 0 saturated heterocycles. The summed E-state index contributed by atoms with van der Waals surface area (Å²) < 4.78 is 0. The number of carbonyl (C=O) groups is 4. The normalized spacial score (nSPS) is 18.9. The molecule has 0 spiro atoms. The Morgan fingerprint density at radius 3 is 2.31 bits per heavy atom. The number of rotatable bonds is 7. The predicted molar refractivity (Wildman–Crippen MR) is 176 cm³/mol. The molecule has 0 unspecified atom stereocenters. The molecule has 5 N–H and O–H groups in total. The minimum Gasteiger partial charge on any atom is -0.351 e. The van der Waals surface area contributed by atoms with Crippen molar-refractivity contribution in [1.29, 1.82) is 0 Å². The van der Waals surface area contributed by atoms with E-state index >= 15 is 0 Å². The molecule has 45 heavy (non-hydrogen) atoms. The molecule has 1 aromatic carbocycles. The molecule has 0 radical (unpaired) electrons. The fraction of sp³-hybridized carbons (Fsp3) is 0.500. The molecule has 2 atom stereocenters. The number of hydrogen-bond acceptors (Lipinski definition) is 9. The molecule has 1 aliphatic rings. The summed E-state index contributed by atoms with van der Waals surface area (Å²) in [4.78, 5) is 63.4. The molecule has 0 fully saturated rings. The van der Waals surface area contributed by atoms with E-state index in [1.165, 1.54) is 22.7 Å². The molecular weight excluding hydrogens is 611 g/mol. The Morgan fingerprint density at radius 1 is 0.956 bits per heavy atom. The van der Waals surface area contributed by atoms with Crippen LogP contribution in [0.4, 0.5) is 0 Å². The molecule has 4 bridgehead atoms. The molecule has 3 heterocycles. The maximum absolute atomic E-state index is 13.5. The van der Waals surface area contributed by atoms with Gasteiger partial charge in [0.2, 0.25) is 11.8 Å². The standard InChI is InChI=1S/C32H43N7O4S2/c1-21(2)17-23-31-38-26(20-45-31)30(43)36-24(18-22-9-4-3-5-10-22)32-37-25(19-44-32)29(42)34-14-8-16-39(28(41)12-6-13-33)15-7-11-27(40)35-23/h3-5,9-10,19-21,23-24H,6-8,11-18,33H2,1-2H3,(H,34,42)(H,35,40)(H,36,43)/t23-,24-/m0/s1. The van der Waals surface area contributed by atoms with Gasteiger partial charge in [-0.3, -0.25) is 19.2 Å². The van der Waals surface area contributed by atoms with Crippen LogP contribution >= 0.6 is 22.7 Å². The number of fused-ring (bicyclic) bond motifs is 4. The lowest BCUT2D eigenvalue weighted by Gasteiger charge is -2.23. The fourth-order valence-corrected chi connectivity index (χ4v) is 6.82. The highest BCUT2D eigenvalue weighted by Gasteiger charge is 2.25. The van der Waals surface area contributed by atoms with Crippen molar-refractivity contribution in [3.8, 4) is 0 Å². The van der Waals surface area contributed by atoms with Gasteiger partial charge in [0.15, 0.2) is 0 Å². The van der Waals surface area contributed by atoms with Crippen molar-refractivity contribution >= 4 is 46.3 Å². The molecule has 0 aliphatic carbocycles. The van der Waals surface area contributed by atoms with E-state index in [-0.39, 0.29) is 53.4 Å². The summed E-state index contributed by atoms with van der Waals surface area (Å²) in [6.07, 6.45) is 3.39. The average Bonchev–Trinajstić information content (AvgIpc) is 3.71. The predicted octanol–water partition coefficient (Wildman–Crippen LogP) is 4.00. The van der Waals surface area contributed by atoms with E-state index < -0.39 is 6.04 Å². The third kappa shape index (κ3) is 10.4. The number of nitrogens with zero attached hydrogens (tertiary/aromatic N) is 3. The van der Waals surface area contributed by atoms with Gasteiger partial charge in [-0.2, -0.15) is 0 Å². The number of amides is 4. The number of thiazole rings is 2. The number of hydrogen-bond donors (Lipinski definition) is 4. The maximum atomic E-state index is 13.5. The van der Waals surface area contributed by atoms with Crippen molar-refractivity contribution in [1.82, 2.24) is 30.8 Å². The Hall–Kier alpha value is -3.68. The van der Waals surface area contributed by atoms with E-state index in [4.69, 9.17) is 5.73 Å². The van der Waals surface area contributed by atoms with Gasteiger partial charge in [-0.1, -0.05) is 44.2 Å². The second-order valence-electron chi connectivity index (χ2n) is 11.6. The second-order valence-corrected chi connectivity index (χ2v) is 13.4. The molecule has 242 valence electrons. The van der Waals surface area contributed by atoms with Crippen molar-refractivity contribution < 1.29 is 19.2 Å². The van der Waals surface area contributed by atoms with Crippen molar-refractivity contribution in [3.63, 3.8) is 0 Å². The summed E-state index contributed by atoms with van der Waals surface area (Å²) in [6, 6.07) is 8.96. The molecule has 13 heteroatoms. The smallest absolute Gasteiger partial charge is 0.271 e. The quantitative estimate of drug-likeness (QED) is 0.300. The van der Waals surface area contributed by atoms with Crippen LogP contribution < -0.4 is 21.7 Å². The Kier molecular flexibility index (Phi) is 13.0. The first-order chi connectivity index (χ1) is 21.7. The van der Waals surface area contributed by atoms with Gasteiger partial charge in [0, 0.05) is 43.2 Å². The summed E-state index contributed by atoms with van der Waals surface area (Å²) in [6.45, 7) is 5.83. The SMILES string of the molecule is CC(C)C[C@@H]1NC(=O)CCCN(C(=O)CCCN)CCCNC(=O)c2csc(n2)[C@H](Cc2ccccc2)NC(=O)c2csc1n2. The Morgan fingerprint density at radius 2 is 1.62 bits per heavy atom. The van der Waals surface area contributed by atoms with Crippen molar-refractivity contribution in [3.05, 3.63) is 68.1 Å². The highest BCUT2D eigenvalue weighted by atomic mass is 32.1. The van der Waals surface area contributed by atoms with Crippen molar-refractivity contribution in [2.45, 2.75) is 70.9 Å². The maximum Gasteiger partial charge on any atom is 0.271 e. The summed E-state index contributed by atoms with van der Waals surface area (Å²) in [5.74, 6) is -0.515. The lowest BCUT2D eigenvalue weighted by molar-refractivity contribution is -0.132. The van der Waals surface area contributed by atoms with Crippen LogP contribution in [-0.2, 0) is 16.0 Å². The van der Waals surface area contributed by atoms with Crippen molar-refractivity contribution in [2.75, 3.05) is 26.2 Å². The topological polar surface area (TPSA) is 159 Å². The summed E-state index contributed by atoms with van der Waals surface area (Å²) in [7, 11) is 0. The number of carbonyl (C=O) groups excluding carboxylic acids is 4. The zero-order chi connectivity index (χ0) is 32.2. The van der Waals surface area contributed by atoms with Crippen LogP contribution in [0.15, 0.2) is 41.1 Å². The second kappa shape index (κ2) is 17.1. The third-order valence-electron chi connectivity index (χ3n) is 7.41. The monoisotopic (exact) mass is 653 g/mol. The lowest BCUT2D eigenvalue weighted by atomic mass is 10.0. The van der Waals surface area contributed by atoms with Crippen molar-refractivity contribution in [2.24, 2.45) is 11.7 Å². The van der Waals surface area contributed by atoms with Crippen LogP contribution in [0.25, 0.3) is 0 Å². The van der Waals surface area contributed by atoms with E-state index in [0.717, 1.165) is 5.56 Å². The van der Waals surface area contributed by atoms with Crippen LogP contribution in [0.3, 0.4) is 0 Å². The number of benzene rings is 1. The van der Waals surface area contributed by atoms with Gasteiger partial charge in [-0.15, -0.1) is 22.7 Å². The summed E-state index contributed by atoms with van der Waals surface area (Å²) in [5.41, 5.74) is 7.18. The van der Waals surface area contributed by atoms with Crippen LogP contribution in [-0.4, -0.2) is 64.7 Å². The highest BCUT2D eigenvalue weighted by Crippen LogP contribution is 2.27. The first-order valence-electron chi connectivity index (χ1n) is 15.5. The van der Waals surface area contributed by atoms with Gasteiger partial charge in [0.25, 0.3) is 11.8 Å². The van der Waals surface area contributed by atoms with Gasteiger partial charge >= 0.3 is 0 Å². The van der Waals surface area contributed by atoms with Crippen LogP contribution in [0.5, 0.6) is 0 Å². The number of aromatic nitrogens is 2. The third-order valence-corrected chi connectivity index (χ3v) is 9.32. The zero-order valence-corrected chi connectivity index (χ0v) is 27.6. The van der Waals surface area contributed by atoms with E-state index in [2.05, 4.69) is 39.8 Å². The lowest BCUT2D eigenvalue weighted by Crippen LogP contribution is -2.36. The van der Waals surface area contributed by atoms with Crippen LogP contribution in [0, 0.1) is 5.92 Å². The van der Waals surface area contributed by atoms with Gasteiger partial charge in [0.05, 0.1) is 12.1 Å². The fourth-order valence-electron chi connectivity index (χ4n) is 5.11. The minimum absolute atomic E-state index is 0.00987. The first kappa shape index (κ1) is 34.2. The van der Waals surface area contributed by atoms with Gasteiger partial charge in [-0.05, 0) is 50.1 Å². The number of nitrogens with one attached hydrogen (secondary N) is 3. The number of nitrogens with two attached hydrogens (primary N) is 1. The molecular formula is C32H43N7O4S2. The molecule has 1 aliphatic heterocycles. The highest BCUT2D eigenvalue weighted by molar-refractivity contribution is 7.10. The van der Waals surface area contributed by atoms with Gasteiger partial charge in [-0.25, -0.2) is 9.97 Å². The molecule has 4 rings (SSSR count). The molecule has 0 saturated carbocycles. The summed E-state index contributed by atoms with van der Waals surface area (Å²) >= 11 is 2.66. The molecule has 2 aromatic heterocycles. The van der Waals surface area contributed by atoms with Crippen LogP contribution in [0.2, 0.25) is 0 Å². The Bertz CT molecular complexity index is 1430. The Balaban J connectivity index is 1.60. The van der Waals surface area contributed by atoms with Crippen LogP contribution in [0.1, 0.15) is 101 Å². The first-order valence-corrected chi connectivity index (χ1v) is 17.3. The van der Waals surface area contributed by atoms with E-state index in [0.29, 0.717) is 74.7 Å².